The Labute approximate surface area is 354 Å². The number of hydrazine groups is 1. The molecule has 1 saturated carbocycles. The van der Waals surface area contributed by atoms with Crippen LogP contribution in [0, 0.1) is 23.7 Å². The number of fused-ring (bicyclic) bond motifs is 5. The smallest absolute Gasteiger partial charge is 0.417 e. The molecule has 61 heavy (non-hydrogen) atoms. The summed E-state index contributed by atoms with van der Waals surface area (Å²) in [6.45, 7) is 0. The fraction of sp³-hybridized carbons (Fsp3) is 0.200. The first-order valence-electron chi connectivity index (χ1n) is 19.2. The van der Waals surface area contributed by atoms with Gasteiger partial charge in [-0.15, -0.1) is 0 Å². The number of carbonyl (C=O) groups is 4. The number of aromatic hydroxyl groups is 1. The van der Waals surface area contributed by atoms with Crippen LogP contribution < -0.4 is 10.3 Å². The number of alkyl halides is 3. The molecular weight excluding hydrogens is 834 g/mol. The van der Waals surface area contributed by atoms with E-state index in [1.165, 1.54) is 17.0 Å². The van der Waals surface area contributed by atoms with Crippen LogP contribution >= 0.6 is 23.2 Å². The number of carbonyl (C=O) groups excluding carboxylic acids is 4. The predicted molar refractivity (Wildman–Crippen MR) is 217 cm³/mol. The zero-order valence-corrected chi connectivity index (χ0v) is 32.9. The normalized spacial score (nSPS) is 24.8. The molecule has 0 spiro atoms. The summed E-state index contributed by atoms with van der Waals surface area (Å²) in [5, 5.41) is 11.4. The van der Waals surface area contributed by atoms with Crippen LogP contribution in [0.1, 0.15) is 35.4 Å². The fourth-order valence-electron chi connectivity index (χ4n) is 9.87. The molecular formula is C45H30Cl2F3N5O6. The van der Waals surface area contributed by atoms with Gasteiger partial charge in [0, 0.05) is 22.7 Å². The third kappa shape index (κ3) is 5.94. The molecule has 16 heteroatoms. The number of hydrogen-bond donors (Lipinski definition) is 2. The Hall–Kier alpha value is -6.51. The van der Waals surface area contributed by atoms with Crippen LogP contribution in [0.3, 0.4) is 0 Å². The van der Waals surface area contributed by atoms with Crippen LogP contribution in [0.2, 0.25) is 10.0 Å². The Kier molecular flexibility index (Phi) is 8.90. The lowest BCUT2D eigenvalue weighted by atomic mass is 9.49. The Balaban J connectivity index is 1.07. The van der Waals surface area contributed by atoms with Crippen molar-refractivity contribution in [3.63, 3.8) is 0 Å². The van der Waals surface area contributed by atoms with E-state index in [2.05, 4.69) is 15.4 Å². The molecule has 10 rings (SSSR count). The van der Waals surface area contributed by atoms with Crippen molar-refractivity contribution in [2.24, 2.45) is 23.7 Å². The average molecular weight is 865 g/mol. The molecule has 11 nitrogen and oxygen atoms in total. The van der Waals surface area contributed by atoms with Crippen molar-refractivity contribution >= 4 is 69.4 Å². The van der Waals surface area contributed by atoms with Gasteiger partial charge in [-0.3, -0.25) is 29.5 Å². The number of pyridine rings is 1. The largest absolute Gasteiger partial charge is 0.508 e. The maximum atomic E-state index is 15.3. The third-order valence-electron chi connectivity index (χ3n) is 12.4. The van der Waals surface area contributed by atoms with Crippen molar-refractivity contribution in [2.75, 3.05) is 10.3 Å². The van der Waals surface area contributed by atoms with Gasteiger partial charge in [-0.05, 0) is 96.6 Å². The van der Waals surface area contributed by atoms with Gasteiger partial charge >= 0.3 is 6.18 Å². The van der Waals surface area contributed by atoms with Gasteiger partial charge in [-0.1, -0.05) is 71.2 Å². The zero-order chi connectivity index (χ0) is 42.5. The summed E-state index contributed by atoms with van der Waals surface area (Å²) in [6, 6.07) is 27.4. The number of oxazole rings is 1. The average Bonchev–Trinajstić information content (AvgIpc) is 3.86. The van der Waals surface area contributed by atoms with Crippen molar-refractivity contribution in [3.8, 4) is 17.2 Å². The van der Waals surface area contributed by atoms with E-state index in [0.717, 1.165) is 5.01 Å². The first-order valence-corrected chi connectivity index (χ1v) is 20.0. The van der Waals surface area contributed by atoms with Gasteiger partial charge in [0.1, 0.15) is 11.3 Å². The Morgan fingerprint density at radius 3 is 2.31 bits per heavy atom. The number of nitrogens with one attached hydrogen (secondary N) is 1. The number of aromatic nitrogens is 2. The fourth-order valence-corrected chi connectivity index (χ4v) is 10.2. The van der Waals surface area contributed by atoms with Gasteiger partial charge in [0.25, 0.3) is 11.8 Å². The number of para-hydroxylation sites is 2. The monoisotopic (exact) mass is 863 g/mol. The standard InChI is InChI=1S/C45H30Cl2F3N5O6/c46-26-12-10-24(11-13-26)44-32(41(58)55(43(44)60)53-38-33(47)19-25(21-51-38)45(48,49)50)20-31-29(37(44)23-4-3-5-28(56)18-23)16-17-30-36(31)42(59)54(40(30)57)27-14-8-22(9-15-27)39-52-34-6-1-2-7-35(34)61-39/h1-16,18-19,21,30-32,36-37,56H,17,20H2,(H,51,53). The van der Waals surface area contributed by atoms with Gasteiger partial charge < -0.3 is 9.52 Å². The minimum atomic E-state index is -4.76. The minimum Gasteiger partial charge on any atom is -0.508 e. The molecule has 4 amide bonds. The van der Waals surface area contributed by atoms with Gasteiger partial charge in [0.05, 0.1) is 39.4 Å². The van der Waals surface area contributed by atoms with Crippen LogP contribution in [0.4, 0.5) is 24.7 Å². The SMILES string of the molecule is O=C1C2CC3C(=CCC4C(=O)N(c5ccc(-c6nc7ccccc7o6)cc5)C(=O)C43)C(c3cccc(O)c3)C2(c2ccc(Cl)cc2)C(=O)N1Nc1ncc(C(F)(F)F)cc1Cl. The summed E-state index contributed by atoms with van der Waals surface area (Å²) in [4.78, 5) is 68.8. The Morgan fingerprint density at radius 2 is 1.61 bits per heavy atom. The molecule has 3 fully saturated rings. The van der Waals surface area contributed by atoms with Crippen LogP contribution in [0.15, 0.2) is 125 Å². The lowest BCUT2D eigenvalue weighted by Gasteiger charge is -2.50. The van der Waals surface area contributed by atoms with E-state index in [0.29, 0.717) is 62.2 Å². The molecule has 6 unspecified atom stereocenters. The third-order valence-corrected chi connectivity index (χ3v) is 13.0. The van der Waals surface area contributed by atoms with Crippen molar-refractivity contribution in [3.05, 3.63) is 148 Å². The molecule has 2 aliphatic heterocycles. The molecule has 2 aliphatic carbocycles. The number of nitrogens with zero attached hydrogens (tertiary/aromatic N) is 4. The number of benzene rings is 4. The second-order valence-corrected chi connectivity index (χ2v) is 16.4. The molecule has 2 N–H and O–H groups in total. The van der Waals surface area contributed by atoms with Crippen LogP contribution in [0.25, 0.3) is 22.6 Å². The maximum Gasteiger partial charge on any atom is 0.417 e. The highest BCUT2D eigenvalue weighted by molar-refractivity contribution is 6.33. The number of phenols is 1. The second kappa shape index (κ2) is 14.0. The molecule has 2 saturated heterocycles. The summed E-state index contributed by atoms with van der Waals surface area (Å²) in [5.74, 6) is -7.18. The summed E-state index contributed by atoms with van der Waals surface area (Å²) < 4.78 is 46.5. The summed E-state index contributed by atoms with van der Waals surface area (Å²) in [6.07, 6.45) is -2.28. The number of rotatable bonds is 6. The minimum absolute atomic E-state index is 0.0641. The van der Waals surface area contributed by atoms with E-state index in [-0.39, 0.29) is 24.4 Å². The van der Waals surface area contributed by atoms with Gasteiger partial charge in [-0.2, -0.15) is 18.2 Å². The van der Waals surface area contributed by atoms with Crippen molar-refractivity contribution in [2.45, 2.75) is 30.4 Å². The summed E-state index contributed by atoms with van der Waals surface area (Å²) in [7, 11) is 0. The lowest BCUT2D eigenvalue weighted by Crippen LogP contribution is -2.53. The number of imide groups is 2. The Bertz CT molecular complexity index is 2830. The number of phenolic OH excluding ortho intramolecular Hbond substituents is 1. The topological polar surface area (TPSA) is 146 Å². The predicted octanol–water partition coefficient (Wildman–Crippen LogP) is 9.11. The second-order valence-electron chi connectivity index (χ2n) is 15.6. The highest BCUT2D eigenvalue weighted by Crippen LogP contribution is 2.64. The quantitative estimate of drug-likeness (QED) is 0.124. The molecule has 4 heterocycles. The molecule has 306 valence electrons. The highest BCUT2D eigenvalue weighted by atomic mass is 35.5. The van der Waals surface area contributed by atoms with E-state index < -0.39 is 75.4 Å². The van der Waals surface area contributed by atoms with Gasteiger partial charge in [-0.25, -0.2) is 9.97 Å². The van der Waals surface area contributed by atoms with Crippen LogP contribution in [-0.2, 0) is 30.8 Å². The number of hydrogen-bond acceptors (Lipinski definition) is 9. The number of allylic oxidation sites excluding steroid dienone is 2. The van der Waals surface area contributed by atoms with E-state index in [4.69, 9.17) is 27.6 Å². The molecule has 4 aliphatic rings. The number of anilines is 2. The van der Waals surface area contributed by atoms with E-state index >= 15 is 4.79 Å². The molecule has 6 aromatic rings. The number of halogens is 5. The van der Waals surface area contributed by atoms with Crippen molar-refractivity contribution in [1.82, 2.24) is 15.0 Å². The lowest BCUT2D eigenvalue weighted by molar-refractivity contribution is -0.139. The molecule has 0 radical (unpaired) electrons. The van der Waals surface area contributed by atoms with Gasteiger partial charge in [0.15, 0.2) is 11.4 Å². The summed E-state index contributed by atoms with van der Waals surface area (Å²) >= 11 is 12.6. The molecule has 6 atom stereocenters. The van der Waals surface area contributed by atoms with Crippen molar-refractivity contribution in [1.29, 1.82) is 0 Å². The zero-order valence-electron chi connectivity index (χ0n) is 31.4. The molecule has 2 aromatic heterocycles. The van der Waals surface area contributed by atoms with E-state index in [1.54, 1.807) is 66.7 Å². The highest BCUT2D eigenvalue weighted by Gasteiger charge is 2.70. The van der Waals surface area contributed by atoms with Crippen LogP contribution in [0.5, 0.6) is 5.75 Å². The molecule has 4 aromatic carbocycles. The number of amides is 4. The summed E-state index contributed by atoms with van der Waals surface area (Å²) in [5.41, 5.74) is 3.46. The first kappa shape index (κ1) is 38.7. The van der Waals surface area contributed by atoms with E-state index in [9.17, 15) is 32.7 Å². The molecule has 0 bridgehead atoms. The van der Waals surface area contributed by atoms with E-state index in [1.807, 2.05) is 24.3 Å². The van der Waals surface area contributed by atoms with Crippen molar-refractivity contribution < 1.29 is 41.9 Å². The van der Waals surface area contributed by atoms with Gasteiger partial charge in [0.2, 0.25) is 17.7 Å². The maximum absolute atomic E-state index is 15.3. The van der Waals surface area contributed by atoms with Crippen LogP contribution in [-0.4, -0.2) is 43.7 Å². The Morgan fingerprint density at radius 1 is 0.852 bits per heavy atom. The first-order chi connectivity index (χ1) is 29.2.